The zero-order valence-corrected chi connectivity index (χ0v) is 24.1. The van der Waals surface area contributed by atoms with E-state index < -0.39 is 0 Å². The van der Waals surface area contributed by atoms with Crippen LogP contribution in [0, 0.1) is 0 Å². The summed E-state index contributed by atoms with van der Waals surface area (Å²) in [6.45, 7) is 4.73. The number of benzene rings is 5. The first kappa shape index (κ1) is 24.9. The van der Waals surface area contributed by atoms with Gasteiger partial charge in [0.15, 0.2) is 0 Å². The van der Waals surface area contributed by atoms with Crippen molar-refractivity contribution in [2.45, 2.75) is 32.1 Å². The van der Waals surface area contributed by atoms with Gasteiger partial charge in [-0.05, 0) is 104 Å². The summed E-state index contributed by atoms with van der Waals surface area (Å²) in [4.78, 5) is 0. The minimum atomic E-state index is -0.0863. The first-order chi connectivity index (χ1) is 20.5. The molecule has 202 valence electrons. The van der Waals surface area contributed by atoms with E-state index in [1.54, 1.807) is 0 Å². The van der Waals surface area contributed by atoms with Gasteiger partial charge in [0.2, 0.25) is 0 Å². The van der Waals surface area contributed by atoms with E-state index in [1.807, 2.05) is 0 Å². The summed E-state index contributed by atoms with van der Waals surface area (Å²) in [6, 6.07) is 40.2. The Hall–Kier alpha value is -4.88. The second-order valence-electron chi connectivity index (χ2n) is 12.3. The zero-order chi connectivity index (χ0) is 28.3. The van der Waals surface area contributed by atoms with Crippen LogP contribution in [0.1, 0.15) is 53.6 Å². The summed E-state index contributed by atoms with van der Waals surface area (Å²) in [5.74, 6) is 0. The lowest BCUT2D eigenvalue weighted by atomic mass is 9.81. The van der Waals surface area contributed by atoms with Gasteiger partial charge < -0.3 is 5.32 Å². The lowest BCUT2D eigenvalue weighted by Gasteiger charge is -2.23. The molecule has 3 aliphatic carbocycles. The molecule has 1 N–H and O–H groups in total. The molecule has 3 aliphatic rings. The highest BCUT2D eigenvalue weighted by Gasteiger charge is 2.36. The van der Waals surface area contributed by atoms with Gasteiger partial charge in [-0.3, -0.25) is 0 Å². The van der Waals surface area contributed by atoms with Crippen LogP contribution in [0.2, 0.25) is 0 Å². The Labute approximate surface area is 248 Å². The Morgan fingerprint density at radius 3 is 2.19 bits per heavy atom. The Bertz CT molecular complexity index is 1970. The number of nitrogens with one attached hydrogen (secondary N) is 1. The average molecular weight is 540 g/mol. The van der Waals surface area contributed by atoms with Crippen molar-refractivity contribution in [1.82, 2.24) is 0 Å². The highest BCUT2D eigenvalue weighted by atomic mass is 14.9. The smallest absolute Gasteiger partial charge is 0.0460 e. The van der Waals surface area contributed by atoms with Crippen molar-refractivity contribution in [2.24, 2.45) is 0 Å². The summed E-state index contributed by atoms with van der Waals surface area (Å²) in [7, 11) is 0. The van der Waals surface area contributed by atoms with Crippen LogP contribution in [-0.4, -0.2) is 0 Å². The van der Waals surface area contributed by atoms with E-state index >= 15 is 0 Å². The van der Waals surface area contributed by atoms with Gasteiger partial charge in [-0.2, -0.15) is 0 Å². The molecule has 0 heterocycles. The fourth-order valence-electron chi connectivity index (χ4n) is 7.01. The summed E-state index contributed by atoms with van der Waals surface area (Å²) >= 11 is 0. The molecule has 1 heteroatoms. The van der Waals surface area contributed by atoms with E-state index in [1.165, 1.54) is 66.8 Å². The van der Waals surface area contributed by atoms with Crippen molar-refractivity contribution >= 4 is 28.6 Å². The second kappa shape index (κ2) is 9.60. The van der Waals surface area contributed by atoms with Crippen LogP contribution in [0.4, 0.5) is 11.4 Å². The first-order valence-corrected chi connectivity index (χ1v) is 15.0. The van der Waals surface area contributed by atoms with E-state index in [4.69, 9.17) is 0 Å². The number of anilines is 2. The summed E-state index contributed by atoms with van der Waals surface area (Å²) in [6.07, 6.45) is 11.0. The maximum atomic E-state index is 3.79. The summed E-state index contributed by atoms with van der Waals surface area (Å²) in [5, 5.41) is 3.79. The van der Waals surface area contributed by atoms with Crippen LogP contribution >= 0.6 is 0 Å². The standard InChI is InChI=1S/C41H33N/c1-41(2)38-25-32(31-16-15-28-11-8-12-29(28)23-31)19-21-36(38)37-22-20-34(26-39(37)41)42-40-14-7-6-13-35(40)33-18-17-30(24-33)27-9-4-3-5-10-27/h3-10,12-23,25-26,42H,11,24H2,1-2H3. The van der Waals surface area contributed by atoms with Crippen LogP contribution in [-0.2, 0) is 11.8 Å². The van der Waals surface area contributed by atoms with Gasteiger partial charge >= 0.3 is 0 Å². The van der Waals surface area contributed by atoms with Gasteiger partial charge in [0.05, 0.1) is 0 Å². The third-order valence-corrected chi connectivity index (χ3v) is 9.35. The number of hydrogen-bond donors (Lipinski definition) is 1. The fourth-order valence-corrected chi connectivity index (χ4v) is 7.01. The monoisotopic (exact) mass is 539 g/mol. The van der Waals surface area contributed by atoms with Crippen molar-refractivity contribution in [1.29, 1.82) is 0 Å². The number of rotatable bonds is 5. The molecule has 1 nitrogen and oxygen atoms in total. The molecule has 0 unspecified atom stereocenters. The molecule has 0 fully saturated rings. The van der Waals surface area contributed by atoms with E-state index in [9.17, 15) is 0 Å². The molecule has 0 aromatic heterocycles. The van der Waals surface area contributed by atoms with Gasteiger partial charge in [0.1, 0.15) is 0 Å². The predicted molar refractivity (Wildman–Crippen MR) is 179 cm³/mol. The zero-order valence-electron chi connectivity index (χ0n) is 24.1. The van der Waals surface area contributed by atoms with Crippen molar-refractivity contribution in [3.8, 4) is 22.3 Å². The van der Waals surface area contributed by atoms with E-state index in [2.05, 4.69) is 153 Å². The molecule has 0 saturated heterocycles. The molecule has 0 saturated carbocycles. The van der Waals surface area contributed by atoms with Gasteiger partial charge in [0, 0.05) is 22.4 Å². The molecule has 0 radical (unpaired) electrons. The van der Waals surface area contributed by atoms with Gasteiger partial charge in [-0.15, -0.1) is 0 Å². The minimum absolute atomic E-state index is 0.0863. The van der Waals surface area contributed by atoms with Crippen molar-refractivity contribution in [3.63, 3.8) is 0 Å². The Balaban J connectivity index is 1.08. The van der Waals surface area contributed by atoms with Crippen LogP contribution in [0.15, 0.2) is 127 Å². The highest BCUT2D eigenvalue weighted by molar-refractivity contribution is 5.91. The molecular weight excluding hydrogens is 506 g/mol. The number of para-hydroxylation sites is 1. The predicted octanol–water partition coefficient (Wildman–Crippen LogP) is 10.8. The molecule has 8 rings (SSSR count). The average Bonchev–Trinajstić information content (AvgIpc) is 3.75. The molecule has 5 aromatic carbocycles. The lowest BCUT2D eigenvalue weighted by Crippen LogP contribution is -2.15. The van der Waals surface area contributed by atoms with Crippen molar-refractivity contribution in [3.05, 3.63) is 161 Å². The normalized spacial score (nSPS) is 15.6. The minimum Gasteiger partial charge on any atom is -0.355 e. The van der Waals surface area contributed by atoms with E-state index in [0.717, 1.165) is 24.2 Å². The molecule has 0 spiro atoms. The van der Waals surface area contributed by atoms with Crippen molar-refractivity contribution in [2.75, 3.05) is 5.32 Å². The molecule has 0 atom stereocenters. The quantitative estimate of drug-likeness (QED) is 0.234. The first-order valence-electron chi connectivity index (χ1n) is 15.0. The third kappa shape index (κ3) is 4.08. The molecule has 0 aliphatic heterocycles. The van der Waals surface area contributed by atoms with Gasteiger partial charge in [0.25, 0.3) is 0 Å². The maximum absolute atomic E-state index is 3.79. The van der Waals surface area contributed by atoms with Crippen LogP contribution in [0.3, 0.4) is 0 Å². The number of fused-ring (bicyclic) bond motifs is 4. The number of hydrogen-bond acceptors (Lipinski definition) is 1. The number of allylic oxidation sites excluding steroid dienone is 5. The molecule has 0 amide bonds. The Morgan fingerprint density at radius 2 is 1.31 bits per heavy atom. The molecule has 0 bridgehead atoms. The largest absolute Gasteiger partial charge is 0.355 e. The molecular formula is C41H33N. The van der Waals surface area contributed by atoms with Gasteiger partial charge in [-0.25, -0.2) is 0 Å². The van der Waals surface area contributed by atoms with E-state index in [0.29, 0.717) is 0 Å². The van der Waals surface area contributed by atoms with Gasteiger partial charge in [-0.1, -0.05) is 117 Å². The Kier molecular flexibility index (Phi) is 5.69. The van der Waals surface area contributed by atoms with E-state index in [-0.39, 0.29) is 5.41 Å². The SMILES string of the molecule is CC1(C)c2cc(Nc3ccccc3C3=CC=C(c4ccccc4)C3)ccc2-c2ccc(-c3ccc4c(c3)C=CC4)cc21. The van der Waals surface area contributed by atoms with Crippen LogP contribution in [0.25, 0.3) is 39.5 Å². The summed E-state index contributed by atoms with van der Waals surface area (Å²) < 4.78 is 0. The van der Waals surface area contributed by atoms with Crippen molar-refractivity contribution < 1.29 is 0 Å². The maximum Gasteiger partial charge on any atom is 0.0460 e. The molecule has 5 aromatic rings. The molecule has 42 heavy (non-hydrogen) atoms. The summed E-state index contributed by atoms with van der Waals surface area (Å²) in [5.41, 5.74) is 18.3. The van der Waals surface area contributed by atoms with Crippen LogP contribution < -0.4 is 5.32 Å². The second-order valence-corrected chi connectivity index (χ2v) is 12.3. The fraction of sp³-hybridized carbons (Fsp3) is 0.122. The third-order valence-electron chi connectivity index (χ3n) is 9.35. The lowest BCUT2D eigenvalue weighted by molar-refractivity contribution is 0.661. The Morgan fingerprint density at radius 1 is 0.595 bits per heavy atom. The van der Waals surface area contributed by atoms with Crippen LogP contribution in [0.5, 0.6) is 0 Å². The highest BCUT2D eigenvalue weighted by Crippen LogP contribution is 2.51. The topological polar surface area (TPSA) is 12.0 Å².